The number of aryl methyl sites for hydroxylation is 1. The molecule has 1 atom stereocenters. The lowest BCUT2D eigenvalue weighted by atomic mass is 9.82. The molecule has 23 heavy (non-hydrogen) atoms. The number of aromatic nitrogens is 1. The van der Waals surface area contributed by atoms with Gasteiger partial charge in [0.25, 0.3) is 5.69 Å². The standard InChI is InChI=1S/C17H21N3O3/c1-12-8-16(19-7-3-6-17(2,10-19)11-21)14-9-13(20(22)23)4-5-15(14)18-12/h4-5,8-9,21H,3,6-7,10-11H2,1-2H3/t17-/m1/s1. The van der Waals surface area contributed by atoms with Gasteiger partial charge in [0.1, 0.15) is 0 Å². The number of non-ortho nitro benzene ring substituents is 1. The molecule has 0 amide bonds. The molecule has 2 heterocycles. The fourth-order valence-corrected chi connectivity index (χ4v) is 3.35. The molecular formula is C17H21N3O3. The van der Waals surface area contributed by atoms with Gasteiger partial charge in [0.2, 0.25) is 0 Å². The summed E-state index contributed by atoms with van der Waals surface area (Å²) in [7, 11) is 0. The molecule has 1 saturated heterocycles. The van der Waals surface area contributed by atoms with Gasteiger partial charge in [0.15, 0.2) is 0 Å². The first-order chi connectivity index (χ1) is 10.9. The first-order valence-corrected chi connectivity index (χ1v) is 7.83. The van der Waals surface area contributed by atoms with Crippen LogP contribution in [0.2, 0.25) is 0 Å². The predicted octanol–water partition coefficient (Wildman–Crippen LogP) is 3.05. The quantitative estimate of drug-likeness (QED) is 0.695. The van der Waals surface area contributed by atoms with Gasteiger partial charge in [-0.3, -0.25) is 15.1 Å². The van der Waals surface area contributed by atoms with E-state index in [1.807, 2.05) is 13.0 Å². The van der Waals surface area contributed by atoms with E-state index in [0.717, 1.165) is 48.2 Å². The highest BCUT2D eigenvalue weighted by Gasteiger charge is 2.31. The molecule has 6 nitrogen and oxygen atoms in total. The van der Waals surface area contributed by atoms with Gasteiger partial charge < -0.3 is 10.0 Å². The summed E-state index contributed by atoms with van der Waals surface area (Å²) in [4.78, 5) is 17.4. The lowest BCUT2D eigenvalue weighted by Gasteiger charge is -2.41. The Kier molecular flexibility index (Phi) is 3.93. The van der Waals surface area contributed by atoms with Gasteiger partial charge in [0, 0.05) is 47.4 Å². The van der Waals surface area contributed by atoms with Crippen LogP contribution in [0.15, 0.2) is 24.3 Å². The molecule has 0 unspecified atom stereocenters. The van der Waals surface area contributed by atoms with Gasteiger partial charge in [-0.15, -0.1) is 0 Å². The third-order valence-electron chi connectivity index (χ3n) is 4.61. The van der Waals surface area contributed by atoms with Gasteiger partial charge >= 0.3 is 0 Å². The van der Waals surface area contributed by atoms with E-state index >= 15 is 0 Å². The number of pyridine rings is 1. The minimum atomic E-state index is -0.378. The van der Waals surface area contributed by atoms with Gasteiger partial charge in [-0.1, -0.05) is 6.92 Å². The summed E-state index contributed by atoms with van der Waals surface area (Å²) in [6.07, 6.45) is 1.98. The van der Waals surface area contributed by atoms with Crippen LogP contribution in [0.1, 0.15) is 25.5 Å². The Morgan fingerprint density at radius 2 is 2.22 bits per heavy atom. The Labute approximate surface area is 134 Å². The predicted molar refractivity (Wildman–Crippen MR) is 89.8 cm³/mol. The lowest BCUT2D eigenvalue weighted by Crippen LogP contribution is -2.43. The van der Waals surface area contributed by atoms with E-state index in [4.69, 9.17) is 0 Å². The lowest BCUT2D eigenvalue weighted by molar-refractivity contribution is -0.384. The van der Waals surface area contributed by atoms with Crippen LogP contribution in [-0.2, 0) is 0 Å². The van der Waals surface area contributed by atoms with Crippen LogP contribution in [0, 0.1) is 22.5 Å². The third kappa shape index (κ3) is 2.99. The topological polar surface area (TPSA) is 79.5 Å². The summed E-state index contributed by atoms with van der Waals surface area (Å²) in [5, 5.41) is 21.6. The van der Waals surface area contributed by atoms with Gasteiger partial charge in [-0.2, -0.15) is 0 Å². The van der Waals surface area contributed by atoms with Crippen molar-refractivity contribution in [3.63, 3.8) is 0 Å². The maximum absolute atomic E-state index is 11.1. The van der Waals surface area contributed by atoms with E-state index < -0.39 is 0 Å². The normalized spacial score (nSPS) is 21.6. The van der Waals surface area contributed by atoms with E-state index in [-0.39, 0.29) is 22.6 Å². The molecule has 1 aliphatic rings. The maximum atomic E-state index is 11.1. The van der Waals surface area contributed by atoms with E-state index in [9.17, 15) is 15.2 Å². The zero-order chi connectivity index (χ0) is 16.6. The highest BCUT2D eigenvalue weighted by molar-refractivity contribution is 5.93. The first-order valence-electron chi connectivity index (χ1n) is 7.83. The second-order valence-electron chi connectivity index (χ2n) is 6.74. The molecule has 3 rings (SSSR count). The largest absolute Gasteiger partial charge is 0.396 e. The molecule has 1 aromatic carbocycles. The Morgan fingerprint density at radius 3 is 2.91 bits per heavy atom. The van der Waals surface area contributed by atoms with E-state index in [1.54, 1.807) is 12.1 Å². The van der Waals surface area contributed by atoms with Crippen molar-refractivity contribution in [3.8, 4) is 0 Å². The monoisotopic (exact) mass is 315 g/mol. The van der Waals surface area contributed by atoms with Crippen molar-refractivity contribution in [1.82, 2.24) is 4.98 Å². The minimum absolute atomic E-state index is 0.0753. The first kappa shape index (κ1) is 15.7. The van der Waals surface area contributed by atoms with Crippen molar-refractivity contribution in [3.05, 3.63) is 40.1 Å². The number of nitrogens with zero attached hydrogens (tertiary/aromatic N) is 3. The Morgan fingerprint density at radius 1 is 1.43 bits per heavy atom. The number of nitro groups is 1. The molecule has 0 saturated carbocycles. The van der Waals surface area contributed by atoms with E-state index in [2.05, 4.69) is 16.8 Å². The molecule has 1 aromatic heterocycles. The number of rotatable bonds is 3. The number of piperidine rings is 1. The van der Waals surface area contributed by atoms with Crippen LogP contribution in [0.5, 0.6) is 0 Å². The number of aliphatic hydroxyl groups excluding tert-OH is 1. The van der Waals surface area contributed by atoms with Crippen molar-refractivity contribution in [2.45, 2.75) is 26.7 Å². The Hall–Kier alpha value is -2.21. The van der Waals surface area contributed by atoms with Crippen molar-refractivity contribution >= 4 is 22.3 Å². The molecule has 6 heteroatoms. The van der Waals surface area contributed by atoms with E-state index in [1.165, 1.54) is 6.07 Å². The number of nitro benzene ring substituents is 1. The van der Waals surface area contributed by atoms with E-state index in [0.29, 0.717) is 0 Å². The number of aliphatic hydroxyl groups is 1. The smallest absolute Gasteiger partial charge is 0.270 e. The molecule has 1 aliphatic heterocycles. The molecule has 1 fully saturated rings. The minimum Gasteiger partial charge on any atom is -0.396 e. The summed E-state index contributed by atoms with van der Waals surface area (Å²) >= 11 is 0. The molecule has 0 spiro atoms. The number of hydrogen-bond donors (Lipinski definition) is 1. The van der Waals surface area contributed by atoms with Crippen LogP contribution in [0.25, 0.3) is 10.9 Å². The zero-order valence-corrected chi connectivity index (χ0v) is 13.5. The summed E-state index contributed by atoms with van der Waals surface area (Å²) in [5.74, 6) is 0. The number of fused-ring (bicyclic) bond motifs is 1. The SMILES string of the molecule is Cc1cc(N2CCC[C@@](C)(CO)C2)c2cc([N+](=O)[O-])ccc2n1. The van der Waals surface area contributed by atoms with Crippen LogP contribution in [0.3, 0.4) is 0 Å². The molecule has 2 aromatic rings. The number of benzene rings is 1. The van der Waals surface area contributed by atoms with Crippen LogP contribution >= 0.6 is 0 Å². The van der Waals surface area contributed by atoms with Gasteiger partial charge in [0.05, 0.1) is 17.0 Å². The third-order valence-corrected chi connectivity index (χ3v) is 4.61. The Bertz CT molecular complexity index is 762. The number of hydrogen-bond acceptors (Lipinski definition) is 5. The fourth-order valence-electron chi connectivity index (χ4n) is 3.35. The van der Waals surface area contributed by atoms with Crippen molar-refractivity contribution < 1.29 is 10.0 Å². The average Bonchev–Trinajstić information content (AvgIpc) is 2.53. The Balaban J connectivity index is 2.11. The average molecular weight is 315 g/mol. The molecule has 122 valence electrons. The van der Waals surface area contributed by atoms with Crippen LogP contribution in [-0.4, -0.2) is 34.7 Å². The highest BCUT2D eigenvalue weighted by atomic mass is 16.6. The van der Waals surface area contributed by atoms with Gasteiger partial charge in [-0.05, 0) is 31.9 Å². The van der Waals surface area contributed by atoms with Crippen molar-refractivity contribution in [1.29, 1.82) is 0 Å². The summed E-state index contributed by atoms with van der Waals surface area (Å²) in [6.45, 7) is 5.78. The molecule has 0 bridgehead atoms. The molecule has 0 radical (unpaired) electrons. The second kappa shape index (κ2) is 5.77. The molecule has 1 N–H and O–H groups in total. The van der Waals surface area contributed by atoms with Crippen molar-refractivity contribution in [2.75, 3.05) is 24.6 Å². The molecular weight excluding hydrogens is 294 g/mol. The molecule has 0 aliphatic carbocycles. The fraction of sp³-hybridized carbons (Fsp3) is 0.471. The second-order valence-corrected chi connectivity index (χ2v) is 6.74. The number of anilines is 1. The van der Waals surface area contributed by atoms with Crippen LogP contribution in [0.4, 0.5) is 11.4 Å². The zero-order valence-electron chi connectivity index (χ0n) is 13.5. The highest BCUT2D eigenvalue weighted by Crippen LogP contribution is 2.36. The summed E-state index contributed by atoms with van der Waals surface area (Å²) in [5.41, 5.74) is 2.56. The van der Waals surface area contributed by atoms with Gasteiger partial charge in [-0.25, -0.2) is 0 Å². The van der Waals surface area contributed by atoms with Crippen LogP contribution < -0.4 is 4.90 Å². The maximum Gasteiger partial charge on any atom is 0.270 e. The van der Waals surface area contributed by atoms with Crippen molar-refractivity contribution in [2.24, 2.45) is 5.41 Å². The summed E-state index contributed by atoms with van der Waals surface area (Å²) in [6, 6.07) is 6.78. The summed E-state index contributed by atoms with van der Waals surface area (Å²) < 4.78 is 0.